The third kappa shape index (κ3) is 1.76. The minimum absolute atomic E-state index is 0.0473. The molecule has 0 radical (unpaired) electrons. The van der Waals surface area contributed by atoms with Gasteiger partial charge in [0.05, 0.1) is 12.2 Å². The van der Waals surface area contributed by atoms with Gasteiger partial charge in [-0.3, -0.25) is 4.79 Å². The Morgan fingerprint density at radius 3 is 2.71 bits per heavy atom. The molecule has 4 heteroatoms. The van der Waals surface area contributed by atoms with Gasteiger partial charge >= 0.3 is 0 Å². The Kier molecular flexibility index (Phi) is 3.44. The molecular weight excluding hydrogens is 302 g/mol. The van der Waals surface area contributed by atoms with Crippen molar-refractivity contribution in [2.45, 2.75) is 63.9 Å². The van der Waals surface area contributed by atoms with Crippen molar-refractivity contribution in [2.75, 3.05) is 6.61 Å². The molecule has 132 valence electrons. The van der Waals surface area contributed by atoms with Crippen LogP contribution in [0.5, 0.6) is 0 Å². The maximum absolute atomic E-state index is 12.5. The van der Waals surface area contributed by atoms with Crippen LogP contribution in [0.15, 0.2) is 12.2 Å². The van der Waals surface area contributed by atoms with Crippen molar-refractivity contribution >= 4 is 11.5 Å². The molecule has 6 atom stereocenters. The van der Waals surface area contributed by atoms with E-state index in [0.29, 0.717) is 49.0 Å². The van der Waals surface area contributed by atoms with E-state index < -0.39 is 11.0 Å². The molecule has 3 unspecified atom stereocenters. The molecule has 0 aromatic heterocycles. The third-order valence-electron chi connectivity index (χ3n) is 8.37. The fraction of sp³-hybridized carbons (Fsp3) is 0.800. The van der Waals surface area contributed by atoms with Crippen molar-refractivity contribution in [3.05, 3.63) is 12.2 Å². The van der Waals surface area contributed by atoms with Gasteiger partial charge in [-0.2, -0.15) is 0 Å². The lowest BCUT2D eigenvalue weighted by molar-refractivity contribution is -0.184. The number of nitrogens with one attached hydrogen (secondary N) is 1. The highest BCUT2D eigenvalue weighted by Gasteiger charge is 2.67. The Bertz CT molecular complexity index is 628. The van der Waals surface area contributed by atoms with Crippen molar-refractivity contribution < 1.29 is 15.0 Å². The van der Waals surface area contributed by atoms with Crippen LogP contribution in [0.2, 0.25) is 0 Å². The fourth-order valence-corrected chi connectivity index (χ4v) is 6.93. The van der Waals surface area contributed by atoms with Crippen LogP contribution in [0.3, 0.4) is 0 Å². The Hall–Kier alpha value is -1.00. The van der Waals surface area contributed by atoms with Crippen molar-refractivity contribution in [1.82, 2.24) is 0 Å². The van der Waals surface area contributed by atoms with Gasteiger partial charge in [-0.1, -0.05) is 13.5 Å². The summed E-state index contributed by atoms with van der Waals surface area (Å²) in [5, 5.41) is 30.0. The number of aliphatic hydroxyl groups excluding tert-OH is 1. The predicted octanol–water partition coefficient (Wildman–Crippen LogP) is 2.87. The Morgan fingerprint density at radius 1 is 1.25 bits per heavy atom. The zero-order chi connectivity index (χ0) is 17.3. The Balaban J connectivity index is 1.78. The van der Waals surface area contributed by atoms with Crippen molar-refractivity contribution in [1.29, 1.82) is 5.41 Å². The first-order valence-corrected chi connectivity index (χ1v) is 9.39. The fourth-order valence-electron chi connectivity index (χ4n) is 6.93. The van der Waals surface area contributed by atoms with E-state index in [0.717, 1.165) is 31.3 Å². The molecule has 4 aliphatic rings. The molecule has 0 heterocycles. The first kappa shape index (κ1) is 16.5. The van der Waals surface area contributed by atoms with Gasteiger partial charge < -0.3 is 15.6 Å². The van der Waals surface area contributed by atoms with Gasteiger partial charge in [0.2, 0.25) is 0 Å². The van der Waals surface area contributed by atoms with Crippen LogP contribution in [0.1, 0.15) is 58.3 Å². The Labute approximate surface area is 143 Å². The quantitative estimate of drug-likeness (QED) is 0.646. The van der Waals surface area contributed by atoms with Crippen molar-refractivity contribution in [3.8, 4) is 0 Å². The summed E-state index contributed by atoms with van der Waals surface area (Å²) in [6, 6.07) is 0. The van der Waals surface area contributed by atoms with Crippen LogP contribution >= 0.6 is 0 Å². The number of hydrogen-bond acceptors (Lipinski definition) is 4. The normalized spacial score (nSPS) is 51.1. The van der Waals surface area contributed by atoms with E-state index in [1.165, 1.54) is 0 Å². The van der Waals surface area contributed by atoms with E-state index >= 15 is 0 Å². The molecule has 0 spiro atoms. The molecule has 4 fully saturated rings. The number of Topliss-reactive ketones (excluding diaryl/α,β-unsaturated/α-hetero) is 1. The zero-order valence-electron chi connectivity index (χ0n) is 14.6. The highest BCUT2D eigenvalue weighted by Crippen LogP contribution is 2.67. The summed E-state index contributed by atoms with van der Waals surface area (Å²) in [4.78, 5) is 12.5. The first-order valence-electron chi connectivity index (χ1n) is 9.39. The minimum atomic E-state index is -1.14. The predicted molar refractivity (Wildman–Crippen MR) is 91.9 cm³/mol. The third-order valence-corrected chi connectivity index (χ3v) is 8.37. The van der Waals surface area contributed by atoms with Crippen LogP contribution < -0.4 is 0 Å². The van der Waals surface area contributed by atoms with Gasteiger partial charge in [0.25, 0.3) is 0 Å². The van der Waals surface area contributed by atoms with Crippen LogP contribution in [0.4, 0.5) is 0 Å². The smallest absolute Gasteiger partial charge is 0.139 e. The molecule has 4 aliphatic carbocycles. The van der Waals surface area contributed by atoms with E-state index in [1.54, 1.807) is 0 Å². The lowest BCUT2D eigenvalue weighted by Gasteiger charge is -2.64. The van der Waals surface area contributed by atoms with Crippen LogP contribution in [-0.2, 0) is 4.79 Å². The molecule has 4 rings (SSSR count). The number of hydrogen-bond donors (Lipinski definition) is 3. The van der Waals surface area contributed by atoms with E-state index in [-0.39, 0.29) is 17.9 Å². The maximum atomic E-state index is 12.5. The molecule has 4 nitrogen and oxygen atoms in total. The first-order chi connectivity index (χ1) is 11.3. The van der Waals surface area contributed by atoms with E-state index in [4.69, 9.17) is 5.41 Å². The second-order valence-electron chi connectivity index (χ2n) is 9.06. The van der Waals surface area contributed by atoms with Gasteiger partial charge in [0.15, 0.2) is 0 Å². The lowest BCUT2D eigenvalue weighted by atomic mass is 9.42. The molecule has 0 bridgehead atoms. The standard InChI is InChI=1S/C20H29NO3/c1-12-9-14-15-3-4-17(23)18(15,2)7-6-16(14)19(11-22)8-5-13(21)10-20(12,19)24/h14-16,21-22,24H,1,3-11H2,2H3/t14?,15?,16?,18-,19-,20-/m0/s1. The number of rotatable bonds is 1. The molecule has 0 aromatic carbocycles. The zero-order valence-corrected chi connectivity index (χ0v) is 14.6. The summed E-state index contributed by atoms with van der Waals surface area (Å²) in [5.41, 5.74) is -0.586. The molecule has 24 heavy (non-hydrogen) atoms. The largest absolute Gasteiger partial charge is 0.396 e. The molecule has 3 N–H and O–H groups in total. The molecule has 0 aliphatic heterocycles. The summed E-state index contributed by atoms with van der Waals surface area (Å²) >= 11 is 0. The topological polar surface area (TPSA) is 81.4 Å². The van der Waals surface area contributed by atoms with E-state index in [1.807, 2.05) is 0 Å². The maximum Gasteiger partial charge on any atom is 0.139 e. The summed E-state index contributed by atoms with van der Waals surface area (Å²) in [7, 11) is 0. The van der Waals surface area contributed by atoms with Crippen molar-refractivity contribution in [3.63, 3.8) is 0 Å². The van der Waals surface area contributed by atoms with Crippen LogP contribution in [0, 0.1) is 34.0 Å². The second kappa shape index (κ2) is 5.01. The van der Waals surface area contributed by atoms with Crippen LogP contribution in [0.25, 0.3) is 0 Å². The molecular formula is C20H29NO3. The van der Waals surface area contributed by atoms with E-state index in [9.17, 15) is 15.0 Å². The van der Waals surface area contributed by atoms with Gasteiger partial charge in [0.1, 0.15) is 5.78 Å². The number of aliphatic hydroxyl groups is 2. The SMILES string of the molecule is C=C1CC2C(CC[C@]3(C)C(=O)CCC23)[C@@]2(CO)CCC(=N)C[C@]12O. The number of ketones is 1. The molecule has 4 saturated carbocycles. The highest BCUT2D eigenvalue weighted by molar-refractivity contribution is 5.87. The molecule has 0 saturated heterocycles. The average Bonchev–Trinajstić information content (AvgIpc) is 2.84. The second-order valence-corrected chi connectivity index (χ2v) is 9.06. The van der Waals surface area contributed by atoms with Crippen LogP contribution in [-0.4, -0.2) is 33.9 Å². The monoisotopic (exact) mass is 331 g/mol. The summed E-state index contributed by atoms with van der Waals surface area (Å²) in [6.45, 7) is 6.29. The molecule has 0 aromatic rings. The van der Waals surface area contributed by atoms with E-state index in [2.05, 4.69) is 13.5 Å². The molecule has 0 amide bonds. The number of fused-ring (bicyclic) bond motifs is 5. The van der Waals surface area contributed by atoms with Gasteiger partial charge in [-0.05, 0) is 61.9 Å². The number of carbonyl (C=O) groups is 1. The number of carbonyl (C=O) groups excluding carboxylic acids is 1. The minimum Gasteiger partial charge on any atom is -0.396 e. The lowest BCUT2D eigenvalue weighted by Crippen LogP contribution is -2.66. The highest BCUT2D eigenvalue weighted by atomic mass is 16.3. The van der Waals surface area contributed by atoms with Gasteiger partial charge in [0, 0.05) is 29.4 Å². The average molecular weight is 331 g/mol. The summed E-state index contributed by atoms with van der Waals surface area (Å²) in [6.07, 6.45) is 5.76. The van der Waals surface area contributed by atoms with Crippen molar-refractivity contribution in [2.24, 2.45) is 28.6 Å². The Morgan fingerprint density at radius 2 is 2.00 bits per heavy atom. The van der Waals surface area contributed by atoms with Gasteiger partial charge in [-0.25, -0.2) is 0 Å². The summed E-state index contributed by atoms with van der Waals surface area (Å²) in [5.74, 6) is 1.33. The summed E-state index contributed by atoms with van der Waals surface area (Å²) < 4.78 is 0. The van der Waals surface area contributed by atoms with Gasteiger partial charge in [-0.15, -0.1) is 0 Å².